The van der Waals surface area contributed by atoms with Gasteiger partial charge in [-0.2, -0.15) is 0 Å². The average molecular weight is 564 g/mol. The summed E-state index contributed by atoms with van der Waals surface area (Å²) in [5.74, 6) is -1.08. The molecule has 0 radical (unpaired) electrons. The van der Waals surface area contributed by atoms with E-state index in [9.17, 15) is 9.59 Å². The van der Waals surface area contributed by atoms with Crippen LogP contribution in [0.5, 0.6) is 23.0 Å². The number of aromatic nitrogens is 1. The Hall–Kier alpha value is -4.37. The summed E-state index contributed by atoms with van der Waals surface area (Å²) in [5.41, 5.74) is 0.865. The highest BCUT2D eigenvalue weighted by Gasteiger charge is 2.65. The maximum atomic E-state index is 15.1. The smallest absolute Gasteiger partial charge is 0.228 e. The summed E-state index contributed by atoms with van der Waals surface area (Å²) >= 11 is 5.90. The van der Waals surface area contributed by atoms with Crippen molar-refractivity contribution in [1.29, 1.82) is 0 Å². The second-order valence-electron chi connectivity index (χ2n) is 10.0. The Balaban J connectivity index is 1.28. The summed E-state index contributed by atoms with van der Waals surface area (Å²) in [6, 6.07) is 15.9. The van der Waals surface area contributed by atoms with Crippen LogP contribution in [0.2, 0.25) is 5.02 Å². The van der Waals surface area contributed by atoms with E-state index in [2.05, 4.69) is 15.6 Å². The zero-order valence-corrected chi connectivity index (χ0v) is 23.0. The van der Waals surface area contributed by atoms with E-state index < -0.39 is 23.1 Å². The number of carbonyl (C=O) groups is 2. The van der Waals surface area contributed by atoms with Crippen LogP contribution >= 0.6 is 11.6 Å². The zero-order chi connectivity index (χ0) is 28.6. The zero-order valence-electron chi connectivity index (χ0n) is 22.2. The molecule has 0 aliphatic heterocycles. The van der Waals surface area contributed by atoms with Gasteiger partial charge in [0.2, 0.25) is 11.8 Å². The van der Waals surface area contributed by atoms with Gasteiger partial charge in [-0.05, 0) is 53.9 Å². The number of nitrogens with zero attached hydrogens (tertiary/aromatic N) is 1. The number of hydrogen-bond acceptors (Lipinski definition) is 6. The van der Waals surface area contributed by atoms with Crippen LogP contribution < -0.4 is 24.8 Å². The molecule has 1 aliphatic rings. The van der Waals surface area contributed by atoms with Gasteiger partial charge < -0.3 is 24.8 Å². The third-order valence-electron chi connectivity index (χ3n) is 7.13. The molecule has 4 aromatic rings. The minimum Gasteiger partial charge on any atom is -0.493 e. The first kappa shape index (κ1) is 27.2. The maximum Gasteiger partial charge on any atom is 0.228 e. The van der Waals surface area contributed by atoms with Crippen LogP contribution in [0, 0.1) is 23.1 Å². The van der Waals surface area contributed by atoms with Crippen molar-refractivity contribution in [3.63, 3.8) is 0 Å². The molecule has 0 saturated heterocycles. The normalized spacial score (nSPS) is 17.1. The third kappa shape index (κ3) is 5.24. The molecule has 1 heterocycles. The number of carbonyl (C=O) groups excluding carboxylic acids is 2. The Morgan fingerprint density at radius 1 is 0.825 bits per heavy atom. The fourth-order valence-electron chi connectivity index (χ4n) is 4.91. The average Bonchev–Trinajstić information content (AvgIpc) is 3.52. The van der Waals surface area contributed by atoms with Crippen molar-refractivity contribution in [2.75, 3.05) is 24.9 Å². The highest BCUT2D eigenvalue weighted by atomic mass is 35.5. The van der Waals surface area contributed by atoms with Gasteiger partial charge in [0.05, 0.1) is 31.6 Å². The molecule has 2 amide bonds. The summed E-state index contributed by atoms with van der Waals surface area (Å²) in [6.07, 6.45) is 1.55. The molecule has 3 aromatic carbocycles. The SMILES string of the molecule is COc1cc2nccc(Oc3ccc(NC(=O)[C@H]4[C@@H](C(=O)Nc5ccc(Cl)cc5)C4(C)C)cc3F)c2cc1OC. The van der Waals surface area contributed by atoms with Crippen LogP contribution in [0.15, 0.2) is 66.9 Å². The second-order valence-corrected chi connectivity index (χ2v) is 10.5. The molecule has 1 saturated carbocycles. The fraction of sp³-hybridized carbons (Fsp3) is 0.233. The summed E-state index contributed by atoms with van der Waals surface area (Å²) in [5, 5.41) is 6.72. The lowest BCUT2D eigenvalue weighted by Crippen LogP contribution is -2.20. The van der Waals surface area contributed by atoms with Crippen molar-refractivity contribution < 1.29 is 28.2 Å². The van der Waals surface area contributed by atoms with Crippen molar-refractivity contribution in [1.82, 2.24) is 4.98 Å². The molecule has 0 spiro atoms. The van der Waals surface area contributed by atoms with Crippen LogP contribution in [-0.2, 0) is 9.59 Å². The predicted octanol–water partition coefficient (Wildman–Crippen LogP) is 6.69. The van der Waals surface area contributed by atoms with Crippen LogP contribution in [-0.4, -0.2) is 31.0 Å². The number of nitrogens with one attached hydrogen (secondary N) is 2. The molecule has 1 aliphatic carbocycles. The lowest BCUT2D eigenvalue weighted by atomic mass is 10.1. The van der Waals surface area contributed by atoms with Crippen LogP contribution in [0.4, 0.5) is 15.8 Å². The predicted molar refractivity (Wildman–Crippen MR) is 151 cm³/mol. The van der Waals surface area contributed by atoms with Gasteiger partial charge in [0.25, 0.3) is 0 Å². The minimum absolute atomic E-state index is 0.0349. The van der Waals surface area contributed by atoms with Gasteiger partial charge in [-0.15, -0.1) is 0 Å². The van der Waals surface area contributed by atoms with E-state index in [0.717, 1.165) is 0 Å². The van der Waals surface area contributed by atoms with Crippen molar-refractivity contribution in [2.45, 2.75) is 13.8 Å². The molecule has 206 valence electrons. The molecular weight excluding hydrogens is 537 g/mol. The van der Waals surface area contributed by atoms with Gasteiger partial charge in [-0.3, -0.25) is 14.6 Å². The van der Waals surface area contributed by atoms with E-state index >= 15 is 4.39 Å². The number of hydrogen-bond donors (Lipinski definition) is 2. The Bertz CT molecular complexity index is 1610. The van der Waals surface area contributed by atoms with Crippen LogP contribution in [0.3, 0.4) is 0 Å². The number of anilines is 2. The van der Waals surface area contributed by atoms with Crippen LogP contribution in [0.25, 0.3) is 10.9 Å². The lowest BCUT2D eigenvalue weighted by molar-refractivity contribution is -0.122. The molecule has 40 heavy (non-hydrogen) atoms. The number of pyridine rings is 1. The number of fused-ring (bicyclic) bond motifs is 1. The summed E-state index contributed by atoms with van der Waals surface area (Å²) in [4.78, 5) is 30.2. The topological polar surface area (TPSA) is 98.8 Å². The van der Waals surface area contributed by atoms with Crippen LogP contribution in [0.1, 0.15) is 13.8 Å². The Kier molecular flexibility index (Phi) is 7.25. The van der Waals surface area contributed by atoms with E-state index in [4.69, 9.17) is 25.8 Å². The first-order valence-corrected chi connectivity index (χ1v) is 12.9. The Morgan fingerprint density at radius 2 is 1.43 bits per heavy atom. The number of methoxy groups -OCH3 is 2. The van der Waals surface area contributed by atoms with Gasteiger partial charge in [0, 0.05) is 40.1 Å². The van der Waals surface area contributed by atoms with Crippen molar-refractivity contribution in [2.24, 2.45) is 17.3 Å². The molecule has 10 heteroatoms. The lowest BCUT2D eigenvalue weighted by Gasteiger charge is -2.13. The number of rotatable bonds is 8. The molecule has 1 fully saturated rings. The quantitative estimate of drug-likeness (QED) is 0.248. The van der Waals surface area contributed by atoms with Crippen molar-refractivity contribution >= 4 is 45.7 Å². The highest BCUT2D eigenvalue weighted by molar-refractivity contribution is 6.30. The van der Waals surface area contributed by atoms with Crippen molar-refractivity contribution in [3.05, 3.63) is 77.7 Å². The van der Waals surface area contributed by atoms with E-state index in [1.165, 1.54) is 26.4 Å². The number of amides is 2. The first-order chi connectivity index (χ1) is 19.1. The van der Waals surface area contributed by atoms with E-state index in [0.29, 0.717) is 38.9 Å². The third-order valence-corrected chi connectivity index (χ3v) is 7.38. The van der Waals surface area contributed by atoms with Gasteiger partial charge in [0.1, 0.15) is 5.75 Å². The number of benzene rings is 3. The molecule has 2 atom stereocenters. The van der Waals surface area contributed by atoms with Gasteiger partial charge in [-0.1, -0.05) is 25.4 Å². The first-order valence-electron chi connectivity index (χ1n) is 12.5. The molecule has 1 aromatic heterocycles. The summed E-state index contributed by atoms with van der Waals surface area (Å²) < 4.78 is 31.7. The van der Waals surface area contributed by atoms with Gasteiger partial charge in [0.15, 0.2) is 23.1 Å². The standard InChI is InChI=1S/C30H27ClFN3O5/c1-30(2)26(28(36)34-17-7-5-16(31)6-8-17)27(30)29(37)35-18-9-10-23(20(32)13-18)40-22-11-12-33-21-15-25(39-4)24(38-3)14-19(21)22/h5-15,26-27H,1-4H3,(H,34,36)(H,35,37)/t26-,27+/m0/s1. The highest BCUT2D eigenvalue weighted by Crippen LogP contribution is 2.59. The molecule has 0 unspecified atom stereocenters. The monoisotopic (exact) mass is 563 g/mol. The van der Waals surface area contributed by atoms with E-state index in [-0.39, 0.29) is 23.3 Å². The molecule has 2 N–H and O–H groups in total. The van der Waals surface area contributed by atoms with E-state index in [1.54, 1.807) is 54.7 Å². The van der Waals surface area contributed by atoms with E-state index in [1.807, 2.05) is 13.8 Å². The van der Waals surface area contributed by atoms with Gasteiger partial charge >= 0.3 is 0 Å². The largest absolute Gasteiger partial charge is 0.493 e. The van der Waals surface area contributed by atoms with Gasteiger partial charge in [-0.25, -0.2) is 4.39 Å². The molecule has 8 nitrogen and oxygen atoms in total. The van der Waals surface area contributed by atoms with Crippen molar-refractivity contribution in [3.8, 4) is 23.0 Å². The fourth-order valence-corrected chi connectivity index (χ4v) is 5.03. The molecule has 0 bridgehead atoms. The Labute approximate surface area is 235 Å². The number of halogens is 2. The Morgan fingerprint density at radius 3 is 2.05 bits per heavy atom. The summed E-state index contributed by atoms with van der Waals surface area (Å²) in [6.45, 7) is 3.70. The second kappa shape index (κ2) is 10.7. The molecular formula is C30H27ClFN3O5. The minimum atomic E-state index is -0.671. The molecule has 5 rings (SSSR count). The number of ether oxygens (including phenoxy) is 3. The maximum absolute atomic E-state index is 15.1. The summed E-state index contributed by atoms with van der Waals surface area (Å²) in [7, 11) is 3.05.